The van der Waals surface area contributed by atoms with Gasteiger partial charge in [-0.2, -0.15) is 0 Å². The number of anilines is 2. The molecule has 0 radical (unpaired) electrons. The van der Waals surface area contributed by atoms with E-state index in [1.165, 1.54) is 88.4 Å². The van der Waals surface area contributed by atoms with E-state index in [0.717, 1.165) is 5.92 Å². The monoisotopic (exact) mass is 387 g/mol. The van der Waals surface area contributed by atoms with E-state index in [1.54, 1.807) is 33.4 Å². The Hall–Kier alpha value is -1.76. The Morgan fingerprint density at radius 1 is 0.793 bits per heavy atom. The van der Waals surface area contributed by atoms with E-state index in [-0.39, 0.29) is 0 Å². The van der Waals surface area contributed by atoms with Gasteiger partial charge >= 0.3 is 0 Å². The molecule has 154 valence electrons. The molecule has 5 rings (SSSR count). The molecular weight excluding hydrogens is 350 g/mol. The molecule has 1 aliphatic heterocycles. The second-order valence-electron chi connectivity index (χ2n) is 9.82. The SMILES string of the molecule is CCCCCCCC(C)C1c2c(ccc3c2CCC3)Nc2ccc3c(c21)CCC3. The summed E-state index contributed by atoms with van der Waals surface area (Å²) in [6.07, 6.45) is 16.1. The molecule has 1 unspecified atom stereocenters. The van der Waals surface area contributed by atoms with Crippen molar-refractivity contribution < 1.29 is 0 Å². The fourth-order valence-corrected chi connectivity index (χ4v) is 6.41. The molecule has 3 aliphatic rings. The summed E-state index contributed by atoms with van der Waals surface area (Å²) in [6, 6.07) is 9.57. The number of benzene rings is 2. The van der Waals surface area contributed by atoms with Crippen LogP contribution in [0, 0.1) is 5.92 Å². The average molecular weight is 388 g/mol. The summed E-state index contributed by atoms with van der Waals surface area (Å²) in [5.41, 5.74) is 12.8. The van der Waals surface area contributed by atoms with Crippen LogP contribution in [0.1, 0.15) is 105 Å². The summed E-state index contributed by atoms with van der Waals surface area (Å²) in [7, 11) is 0. The fourth-order valence-electron chi connectivity index (χ4n) is 6.41. The first kappa shape index (κ1) is 19.2. The molecule has 0 amide bonds. The Bertz CT molecular complexity index is 830. The average Bonchev–Trinajstić information content (AvgIpc) is 3.40. The van der Waals surface area contributed by atoms with Crippen LogP contribution >= 0.6 is 0 Å². The minimum Gasteiger partial charge on any atom is -0.355 e. The van der Waals surface area contributed by atoms with Crippen molar-refractivity contribution in [3.05, 3.63) is 57.6 Å². The molecule has 0 aromatic heterocycles. The summed E-state index contributed by atoms with van der Waals surface area (Å²) >= 11 is 0. The molecule has 1 heteroatoms. The second kappa shape index (κ2) is 8.17. The van der Waals surface area contributed by atoms with E-state index in [1.807, 2.05) is 0 Å². The van der Waals surface area contributed by atoms with Crippen LogP contribution in [0.2, 0.25) is 0 Å². The maximum absolute atomic E-state index is 3.87. The standard InChI is InChI=1S/C28H37N/c1-3-4-5-6-7-10-19(2)26-27-22-13-8-11-20(22)15-17-24(27)29-25-18-16-21-12-9-14-23(21)28(25)26/h15-19,26,29H,3-14H2,1-2H3. The van der Waals surface area contributed by atoms with Gasteiger partial charge in [0.15, 0.2) is 0 Å². The van der Waals surface area contributed by atoms with Gasteiger partial charge in [0.2, 0.25) is 0 Å². The molecule has 0 fully saturated rings. The van der Waals surface area contributed by atoms with Gasteiger partial charge < -0.3 is 5.32 Å². The molecule has 1 nitrogen and oxygen atoms in total. The molecule has 2 aliphatic carbocycles. The first-order valence-electron chi connectivity index (χ1n) is 12.3. The third kappa shape index (κ3) is 3.41. The molecule has 0 saturated carbocycles. The fraction of sp³-hybridized carbons (Fsp3) is 0.571. The second-order valence-corrected chi connectivity index (χ2v) is 9.82. The molecular formula is C28H37N. The molecule has 0 saturated heterocycles. The van der Waals surface area contributed by atoms with Gasteiger partial charge in [-0.25, -0.2) is 0 Å². The van der Waals surface area contributed by atoms with Crippen LogP contribution in [-0.2, 0) is 25.7 Å². The van der Waals surface area contributed by atoms with Gasteiger partial charge in [-0.3, -0.25) is 0 Å². The lowest BCUT2D eigenvalue weighted by Crippen LogP contribution is -2.22. The van der Waals surface area contributed by atoms with Crippen LogP contribution in [0.3, 0.4) is 0 Å². The highest BCUT2D eigenvalue weighted by Crippen LogP contribution is 2.52. The molecule has 0 bridgehead atoms. The quantitative estimate of drug-likeness (QED) is 0.477. The summed E-state index contributed by atoms with van der Waals surface area (Å²) < 4.78 is 0. The van der Waals surface area contributed by atoms with Crippen LogP contribution in [0.25, 0.3) is 0 Å². The van der Waals surface area contributed by atoms with Crippen LogP contribution < -0.4 is 5.32 Å². The highest BCUT2D eigenvalue weighted by Gasteiger charge is 2.36. The first-order chi connectivity index (χ1) is 14.3. The molecule has 1 N–H and O–H groups in total. The van der Waals surface area contributed by atoms with E-state index >= 15 is 0 Å². The number of rotatable bonds is 7. The largest absolute Gasteiger partial charge is 0.355 e. The predicted octanol–water partition coefficient (Wildman–Crippen LogP) is 7.85. The van der Waals surface area contributed by atoms with E-state index < -0.39 is 0 Å². The van der Waals surface area contributed by atoms with Gasteiger partial charge in [0.1, 0.15) is 0 Å². The maximum atomic E-state index is 3.87. The zero-order chi connectivity index (χ0) is 19.8. The highest BCUT2D eigenvalue weighted by atomic mass is 14.9. The van der Waals surface area contributed by atoms with Crippen molar-refractivity contribution >= 4 is 11.4 Å². The van der Waals surface area contributed by atoms with Gasteiger partial charge in [-0.15, -0.1) is 0 Å². The Morgan fingerprint density at radius 3 is 1.97 bits per heavy atom. The summed E-state index contributed by atoms with van der Waals surface area (Å²) in [5, 5.41) is 3.87. The smallest absolute Gasteiger partial charge is 0.0426 e. The third-order valence-corrected chi connectivity index (χ3v) is 7.88. The lowest BCUT2D eigenvalue weighted by molar-refractivity contribution is 0.440. The summed E-state index contributed by atoms with van der Waals surface area (Å²) in [5.74, 6) is 1.31. The Kier molecular flexibility index (Phi) is 5.41. The normalized spacial score (nSPS) is 18.0. The van der Waals surface area contributed by atoms with Crippen molar-refractivity contribution in [1.82, 2.24) is 0 Å². The van der Waals surface area contributed by atoms with E-state index in [2.05, 4.69) is 43.4 Å². The predicted molar refractivity (Wildman–Crippen MR) is 125 cm³/mol. The Balaban J connectivity index is 1.54. The topological polar surface area (TPSA) is 12.0 Å². The van der Waals surface area contributed by atoms with Gasteiger partial charge in [-0.05, 0) is 96.4 Å². The minimum absolute atomic E-state index is 0.591. The first-order valence-corrected chi connectivity index (χ1v) is 12.3. The van der Waals surface area contributed by atoms with E-state index in [9.17, 15) is 0 Å². The van der Waals surface area contributed by atoms with Gasteiger partial charge in [0.25, 0.3) is 0 Å². The lowest BCUT2D eigenvalue weighted by Gasteiger charge is -2.37. The molecule has 1 atom stereocenters. The molecule has 2 aromatic carbocycles. The Labute approximate surface area is 177 Å². The van der Waals surface area contributed by atoms with Crippen LogP contribution in [0.15, 0.2) is 24.3 Å². The van der Waals surface area contributed by atoms with Gasteiger partial charge in [0, 0.05) is 17.3 Å². The Morgan fingerprint density at radius 2 is 1.38 bits per heavy atom. The zero-order valence-corrected chi connectivity index (χ0v) is 18.4. The number of nitrogens with one attached hydrogen (secondary N) is 1. The number of aryl methyl sites for hydroxylation is 2. The van der Waals surface area contributed by atoms with Crippen molar-refractivity contribution in [3.8, 4) is 0 Å². The van der Waals surface area contributed by atoms with Crippen molar-refractivity contribution in [2.45, 2.75) is 96.8 Å². The summed E-state index contributed by atoms with van der Waals surface area (Å²) in [6.45, 7) is 4.86. The summed E-state index contributed by atoms with van der Waals surface area (Å²) in [4.78, 5) is 0. The minimum atomic E-state index is 0.591. The van der Waals surface area contributed by atoms with Gasteiger partial charge in [-0.1, -0.05) is 58.1 Å². The molecule has 0 spiro atoms. The maximum Gasteiger partial charge on any atom is 0.0426 e. The van der Waals surface area contributed by atoms with Crippen molar-refractivity contribution in [1.29, 1.82) is 0 Å². The highest BCUT2D eigenvalue weighted by molar-refractivity contribution is 5.78. The molecule has 1 heterocycles. The van der Waals surface area contributed by atoms with Crippen LogP contribution in [0.5, 0.6) is 0 Å². The van der Waals surface area contributed by atoms with Crippen LogP contribution in [-0.4, -0.2) is 0 Å². The third-order valence-electron chi connectivity index (χ3n) is 7.88. The van der Waals surface area contributed by atoms with Crippen molar-refractivity contribution in [2.24, 2.45) is 5.92 Å². The number of hydrogen-bond acceptors (Lipinski definition) is 1. The van der Waals surface area contributed by atoms with E-state index in [0.29, 0.717) is 5.92 Å². The van der Waals surface area contributed by atoms with Crippen molar-refractivity contribution in [2.75, 3.05) is 5.32 Å². The van der Waals surface area contributed by atoms with Crippen molar-refractivity contribution in [3.63, 3.8) is 0 Å². The van der Waals surface area contributed by atoms with Crippen LogP contribution in [0.4, 0.5) is 11.4 Å². The molecule has 2 aromatic rings. The van der Waals surface area contributed by atoms with Gasteiger partial charge in [0.05, 0.1) is 0 Å². The lowest BCUT2D eigenvalue weighted by atomic mass is 9.72. The number of hydrogen-bond donors (Lipinski definition) is 1. The number of fused-ring (bicyclic) bond motifs is 6. The zero-order valence-electron chi connectivity index (χ0n) is 18.4. The number of unbranched alkanes of at least 4 members (excludes halogenated alkanes) is 4. The van der Waals surface area contributed by atoms with E-state index in [4.69, 9.17) is 0 Å². The molecule has 29 heavy (non-hydrogen) atoms.